The first-order valence-corrected chi connectivity index (χ1v) is 8.04. The van der Waals surface area contributed by atoms with Gasteiger partial charge in [-0.2, -0.15) is 5.10 Å². The highest BCUT2D eigenvalue weighted by molar-refractivity contribution is 14.1. The van der Waals surface area contributed by atoms with E-state index >= 15 is 0 Å². The Morgan fingerprint density at radius 3 is 2.45 bits per heavy atom. The van der Waals surface area contributed by atoms with E-state index < -0.39 is 0 Å². The molecule has 20 heavy (non-hydrogen) atoms. The molecule has 1 aromatic heterocycles. The predicted octanol–water partition coefficient (Wildman–Crippen LogP) is 4.27. The van der Waals surface area contributed by atoms with Gasteiger partial charge in [0, 0.05) is 15.3 Å². The van der Waals surface area contributed by atoms with Crippen molar-refractivity contribution in [1.82, 2.24) is 9.78 Å². The molecule has 0 aliphatic carbocycles. The summed E-state index contributed by atoms with van der Waals surface area (Å²) in [7, 11) is 0. The maximum atomic E-state index is 12.2. The van der Waals surface area contributed by atoms with Crippen LogP contribution in [0.15, 0.2) is 36.5 Å². The van der Waals surface area contributed by atoms with Crippen LogP contribution in [0.3, 0.4) is 0 Å². The van der Waals surface area contributed by atoms with Crippen LogP contribution in [0.5, 0.6) is 0 Å². The lowest BCUT2D eigenvalue weighted by atomic mass is 10.1. The van der Waals surface area contributed by atoms with Gasteiger partial charge >= 0.3 is 0 Å². The fraction of sp³-hybridized carbons (Fsp3) is 0.375. The molecule has 2 aromatic rings. The van der Waals surface area contributed by atoms with E-state index in [0.29, 0.717) is 12.5 Å². The average molecular weight is 382 g/mol. The fourth-order valence-corrected chi connectivity index (χ4v) is 2.60. The van der Waals surface area contributed by atoms with Crippen LogP contribution < -0.4 is 0 Å². The van der Waals surface area contributed by atoms with Crippen LogP contribution in [0.2, 0.25) is 0 Å². The van der Waals surface area contributed by atoms with Crippen LogP contribution >= 0.6 is 22.6 Å². The van der Waals surface area contributed by atoms with E-state index in [0.717, 1.165) is 27.7 Å². The zero-order chi connectivity index (χ0) is 14.5. The molecule has 0 saturated heterocycles. The standard InChI is InChI=1S/C16H19IN2O/c1-3-15(4-2)19-10-9-14(18-19)11-16(20)12-5-7-13(17)8-6-12/h5-10,15H,3-4,11H2,1-2H3. The van der Waals surface area contributed by atoms with Gasteiger partial charge in [-0.15, -0.1) is 0 Å². The lowest BCUT2D eigenvalue weighted by Crippen LogP contribution is -2.09. The summed E-state index contributed by atoms with van der Waals surface area (Å²) in [5, 5.41) is 4.53. The molecule has 1 heterocycles. The first kappa shape index (κ1) is 15.2. The van der Waals surface area contributed by atoms with Crippen molar-refractivity contribution in [2.75, 3.05) is 0 Å². The van der Waals surface area contributed by atoms with E-state index in [-0.39, 0.29) is 5.78 Å². The Labute approximate surface area is 133 Å². The molecule has 0 radical (unpaired) electrons. The normalized spacial score (nSPS) is 11.0. The number of aromatic nitrogens is 2. The molecule has 0 N–H and O–H groups in total. The third kappa shape index (κ3) is 3.69. The van der Waals surface area contributed by atoms with Crippen LogP contribution in [0.1, 0.15) is 48.8 Å². The number of benzene rings is 1. The number of hydrogen-bond donors (Lipinski definition) is 0. The molecule has 0 unspecified atom stereocenters. The summed E-state index contributed by atoms with van der Waals surface area (Å²) in [5.74, 6) is 0.121. The van der Waals surface area contributed by atoms with Gasteiger partial charge in [0.05, 0.1) is 18.2 Å². The van der Waals surface area contributed by atoms with Crippen molar-refractivity contribution in [1.29, 1.82) is 0 Å². The summed E-state index contributed by atoms with van der Waals surface area (Å²) in [6.45, 7) is 4.32. The van der Waals surface area contributed by atoms with Gasteiger partial charge in [0.15, 0.2) is 5.78 Å². The molecule has 0 bridgehead atoms. The van der Waals surface area contributed by atoms with E-state index in [2.05, 4.69) is 41.5 Å². The number of hydrogen-bond acceptors (Lipinski definition) is 2. The summed E-state index contributed by atoms with van der Waals surface area (Å²) in [5.41, 5.74) is 1.60. The van der Waals surface area contributed by atoms with Crippen LogP contribution in [0.25, 0.3) is 0 Å². The molecule has 0 fully saturated rings. The second-order valence-corrected chi connectivity index (χ2v) is 6.11. The quantitative estimate of drug-likeness (QED) is 0.552. The van der Waals surface area contributed by atoms with Gasteiger partial charge in [-0.1, -0.05) is 26.0 Å². The monoisotopic (exact) mass is 382 g/mol. The van der Waals surface area contributed by atoms with Crippen molar-refractivity contribution in [3.63, 3.8) is 0 Å². The van der Waals surface area contributed by atoms with Gasteiger partial charge in [-0.25, -0.2) is 0 Å². The first-order chi connectivity index (χ1) is 9.63. The molecule has 106 valence electrons. The third-order valence-corrected chi connectivity index (χ3v) is 4.21. The number of carbonyl (C=O) groups excluding carboxylic acids is 1. The summed E-state index contributed by atoms with van der Waals surface area (Å²) in [6, 6.07) is 10.0. The van der Waals surface area contributed by atoms with Crippen molar-refractivity contribution in [3.8, 4) is 0 Å². The number of nitrogens with zero attached hydrogens (tertiary/aromatic N) is 2. The number of halogens is 1. The average Bonchev–Trinajstić information content (AvgIpc) is 2.89. The minimum Gasteiger partial charge on any atom is -0.294 e. The number of carbonyl (C=O) groups is 1. The summed E-state index contributed by atoms with van der Waals surface area (Å²) in [4.78, 5) is 12.2. The van der Waals surface area contributed by atoms with E-state index in [9.17, 15) is 4.79 Å². The molecule has 2 rings (SSSR count). The Kier molecular flexibility index (Phi) is 5.34. The van der Waals surface area contributed by atoms with Gasteiger partial charge in [0.25, 0.3) is 0 Å². The maximum Gasteiger partial charge on any atom is 0.168 e. The third-order valence-electron chi connectivity index (χ3n) is 3.49. The Morgan fingerprint density at radius 2 is 1.85 bits per heavy atom. The van der Waals surface area contributed by atoms with Gasteiger partial charge in [-0.3, -0.25) is 9.48 Å². The van der Waals surface area contributed by atoms with Crippen LogP contribution in [0.4, 0.5) is 0 Å². The van der Waals surface area contributed by atoms with Crippen molar-refractivity contribution in [2.45, 2.75) is 39.2 Å². The summed E-state index contributed by atoms with van der Waals surface area (Å²) < 4.78 is 3.12. The molecule has 4 heteroatoms. The summed E-state index contributed by atoms with van der Waals surface area (Å²) in [6.07, 6.45) is 4.47. The Morgan fingerprint density at radius 1 is 1.20 bits per heavy atom. The molecule has 3 nitrogen and oxygen atoms in total. The molecule has 0 aliphatic heterocycles. The highest BCUT2D eigenvalue weighted by atomic mass is 127. The molecule has 0 amide bonds. The second kappa shape index (κ2) is 7.02. The molecule has 0 aliphatic rings. The Bertz CT molecular complexity index is 570. The van der Waals surface area contributed by atoms with Gasteiger partial charge in [-0.05, 0) is 53.6 Å². The molecule has 0 atom stereocenters. The van der Waals surface area contributed by atoms with E-state index in [1.807, 2.05) is 41.2 Å². The van der Waals surface area contributed by atoms with Crippen molar-refractivity contribution < 1.29 is 4.79 Å². The molecule has 0 spiro atoms. The molecular formula is C16H19IN2O. The lowest BCUT2D eigenvalue weighted by Gasteiger charge is -2.12. The van der Waals surface area contributed by atoms with Crippen LogP contribution in [-0.4, -0.2) is 15.6 Å². The molecule has 1 aromatic carbocycles. The van der Waals surface area contributed by atoms with Crippen molar-refractivity contribution in [2.24, 2.45) is 0 Å². The van der Waals surface area contributed by atoms with Gasteiger partial charge in [0.2, 0.25) is 0 Å². The Balaban J connectivity index is 2.06. The first-order valence-electron chi connectivity index (χ1n) is 6.96. The lowest BCUT2D eigenvalue weighted by molar-refractivity contribution is 0.0991. The van der Waals surface area contributed by atoms with Gasteiger partial charge in [0.1, 0.15) is 0 Å². The van der Waals surface area contributed by atoms with Crippen molar-refractivity contribution in [3.05, 3.63) is 51.4 Å². The Hall–Kier alpha value is -1.17. The minimum atomic E-state index is 0.121. The maximum absolute atomic E-state index is 12.2. The smallest absolute Gasteiger partial charge is 0.168 e. The number of ketones is 1. The zero-order valence-electron chi connectivity index (χ0n) is 11.8. The molecule has 0 saturated carbocycles. The number of rotatable bonds is 6. The zero-order valence-corrected chi connectivity index (χ0v) is 14.0. The van der Waals surface area contributed by atoms with Gasteiger partial charge < -0.3 is 0 Å². The SMILES string of the molecule is CCC(CC)n1ccc(CC(=O)c2ccc(I)cc2)n1. The second-order valence-electron chi connectivity index (χ2n) is 4.86. The highest BCUT2D eigenvalue weighted by Gasteiger charge is 2.12. The van der Waals surface area contributed by atoms with E-state index in [1.165, 1.54) is 0 Å². The number of Topliss-reactive ketones (excluding diaryl/α,β-unsaturated/α-hetero) is 1. The van der Waals surface area contributed by atoms with E-state index in [1.54, 1.807) is 0 Å². The highest BCUT2D eigenvalue weighted by Crippen LogP contribution is 2.15. The molecular weight excluding hydrogens is 363 g/mol. The summed E-state index contributed by atoms with van der Waals surface area (Å²) >= 11 is 2.24. The van der Waals surface area contributed by atoms with Crippen LogP contribution in [-0.2, 0) is 6.42 Å². The topological polar surface area (TPSA) is 34.9 Å². The van der Waals surface area contributed by atoms with E-state index in [4.69, 9.17) is 0 Å². The predicted molar refractivity (Wildman–Crippen MR) is 89.0 cm³/mol. The van der Waals surface area contributed by atoms with Crippen LogP contribution in [0, 0.1) is 3.57 Å². The van der Waals surface area contributed by atoms with Crippen molar-refractivity contribution >= 4 is 28.4 Å². The minimum absolute atomic E-state index is 0.121. The fourth-order valence-electron chi connectivity index (χ4n) is 2.24. The largest absolute Gasteiger partial charge is 0.294 e.